The lowest BCUT2D eigenvalue weighted by molar-refractivity contribution is -0.155. The first-order valence-electron chi connectivity index (χ1n) is 10.2. The number of benzene rings is 1. The first kappa shape index (κ1) is 22.8. The number of esters is 1. The van der Waals surface area contributed by atoms with Crippen LogP contribution in [0.1, 0.15) is 43.7 Å². The molecule has 164 valence electrons. The van der Waals surface area contributed by atoms with Crippen LogP contribution in [0.25, 0.3) is 0 Å². The van der Waals surface area contributed by atoms with Crippen molar-refractivity contribution < 1.29 is 23.9 Å². The second-order valence-corrected chi connectivity index (χ2v) is 8.57. The van der Waals surface area contributed by atoms with Crippen molar-refractivity contribution in [1.29, 1.82) is 0 Å². The number of amides is 1. The zero-order valence-electron chi connectivity index (χ0n) is 17.8. The van der Waals surface area contributed by atoms with Gasteiger partial charge in [-0.3, -0.25) is 19.4 Å². The van der Waals surface area contributed by atoms with Gasteiger partial charge in [0.15, 0.2) is 6.10 Å². The van der Waals surface area contributed by atoms with Gasteiger partial charge in [-0.2, -0.15) is 0 Å². The van der Waals surface area contributed by atoms with Gasteiger partial charge in [0.2, 0.25) is 5.12 Å². The van der Waals surface area contributed by atoms with Crippen LogP contribution in [-0.4, -0.2) is 34.0 Å². The highest BCUT2D eigenvalue weighted by atomic mass is 32.2. The number of aromatic nitrogens is 1. The van der Waals surface area contributed by atoms with Crippen molar-refractivity contribution >= 4 is 28.1 Å². The average molecular weight is 443 g/mol. The Bertz CT molecular complexity index is 928. The summed E-state index contributed by atoms with van der Waals surface area (Å²) < 4.78 is 11.5. The maximum Gasteiger partial charge on any atom is 0.309 e. The molecule has 2 aromatic rings. The van der Waals surface area contributed by atoms with Crippen molar-refractivity contribution in [3.63, 3.8) is 0 Å². The zero-order chi connectivity index (χ0) is 22.4. The monoisotopic (exact) mass is 442 g/mol. The summed E-state index contributed by atoms with van der Waals surface area (Å²) in [7, 11) is 0. The third-order valence-corrected chi connectivity index (χ3v) is 5.64. The lowest BCUT2D eigenvalue weighted by atomic mass is 10.1. The highest BCUT2D eigenvalue weighted by Gasteiger charge is 2.31. The van der Waals surface area contributed by atoms with Crippen LogP contribution in [0, 0.1) is 5.92 Å². The molecule has 31 heavy (non-hydrogen) atoms. The molecule has 0 bridgehead atoms. The number of ether oxygens (including phenoxy) is 2. The molecular weight excluding hydrogens is 416 g/mol. The van der Waals surface area contributed by atoms with Crippen LogP contribution in [0.2, 0.25) is 0 Å². The molecular formula is C23H26N2O5S. The summed E-state index contributed by atoms with van der Waals surface area (Å²) in [6.07, 6.45) is 2.47. The minimum atomic E-state index is -0.621. The van der Waals surface area contributed by atoms with Gasteiger partial charge in [0.25, 0.3) is 5.24 Å². The molecule has 1 amide bonds. The molecule has 1 N–H and O–H groups in total. The van der Waals surface area contributed by atoms with Gasteiger partial charge in [-0.15, -0.1) is 0 Å². The number of carbonyl (C=O) groups is 3. The second kappa shape index (κ2) is 10.4. The number of nitrogens with one attached hydrogen (secondary N) is 1. The Hall–Kier alpha value is -2.87. The summed E-state index contributed by atoms with van der Waals surface area (Å²) in [5.74, 6) is 0.0378. The second-order valence-electron chi connectivity index (χ2n) is 7.59. The molecule has 1 aliphatic heterocycles. The summed E-state index contributed by atoms with van der Waals surface area (Å²) >= 11 is 0.708. The minimum absolute atomic E-state index is 0.129. The van der Waals surface area contributed by atoms with Crippen molar-refractivity contribution in [2.24, 2.45) is 5.92 Å². The van der Waals surface area contributed by atoms with Crippen LogP contribution < -0.4 is 10.1 Å². The maximum atomic E-state index is 12.2. The standard InChI is InChI=1S/C23H26N2O5S/c1-4-15-7-10-18(24-12-15)20(30-21(26)14(2)3)13-29-17-8-5-16(6-9-17)11-19-22(27)31-23(28)25-19/h5-10,12,14,19-20H,4,11,13H2,1-3H3,(H,25,28). The van der Waals surface area contributed by atoms with Gasteiger partial charge in [0.1, 0.15) is 18.4 Å². The maximum absolute atomic E-state index is 12.2. The van der Waals surface area contributed by atoms with E-state index in [1.54, 1.807) is 32.2 Å². The Balaban J connectivity index is 1.63. The van der Waals surface area contributed by atoms with E-state index >= 15 is 0 Å². The molecule has 7 nitrogen and oxygen atoms in total. The van der Waals surface area contributed by atoms with Gasteiger partial charge in [0.05, 0.1) is 11.6 Å². The number of pyridine rings is 1. The smallest absolute Gasteiger partial charge is 0.309 e. The molecule has 2 unspecified atom stereocenters. The van der Waals surface area contributed by atoms with Gasteiger partial charge in [-0.25, -0.2) is 0 Å². The number of rotatable bonds is 9. The van der Waals surface area contributed by atoms with E-state index in [9.17, 15) is 14.4 Å². The Labute approximate surface area is 185 Å². The predicted octanol–water partition coefficient (Wildman–Crippen LogP) is 3.86. The van der Waals surface area contributed by atoms with Gasteiger partial charge >= 0.3 is 5.97 Å². The molecule has 1 fully saturated rings. The van der Waals surface area contributed by atoms with Crippen molar-refractivity contribution in [2.45, 2.75) is 45.8 Å². The van der Waals surface area contributed by atoms with E-state index in [2.05, 4.69) is 17.2 Å². The van der Waals surface area contributed by atoms with Crippen LogP contribution >= 0.6 is 11.8 Å². The van der Waals surface area contributed by atoms with E-state index in [-0.39, 0.29) is 28.8 Å². The largest absolute Gasteiger partial charge is 0.489 e. The number of aryl methyl sites for hydroxylation is 1. The van der Waals surface area contributed by atoms with E-state index in [1.807, 2.05) is 24.3 Å². The molecule has 3 rings (SSSR count). The summed E-state index contributed by atoms with van der Waals surface area (Å²) in [4.78, 5) is 39.6. The van der Waals surface area contributed by atoms with Crippen LogP contribution in [0.4, 0.5) is 4.79 Å². The van der Waals surface area contributed by atoms with Gasteiger partial charge < -0.3 is 14.8 Å². The number of hydrogen-bond acceptors (Lipinski definition) is 7. The Kier molecular flexibility index (Phi) is 7.68. The fraction of sp³-hybridized carbons (Fsp3) is 0.391. The minimum Gasteiger partial charge on any atom is -0.489 e. The van der Waals surface area contributed by atoms with Crippen LogP contribution in [0.15, 0.2) is 42.6 Å². The number of hydrogen-bond donors (Lipinski definition) is 1. The predicted molar refractivity (Wildman–Crippen MR) is 118 cm³/mol. The van der Waals surface area contributed by atoms with Crippen LogP contribution in [0.5, 0.6) is 5.75 Å². The molecule has 2 atom stereocenters. The molecule has 2 heterocycles. The normalized spacial score (nSPS) is 16.8. The quantitative estimate of drug-likeness (QED) is 0.589. The molecule has 1 aromatic carbocycles. The third-order valence-electron chi connectivity index (χ3n) is 4.85. The van der Waals surface area contributed by atoms with E-state index in [0.29, 0.717) is 29.6 Å². The number of thioether (sulfide) groups is 1. The number of nitrogens with zero attached hydrogens (tertiary/aromatic N) is 1. The van der Waals surface area contributed by atoms with Gasteiger partial charge in [-0.05, 0) is 35.7 Å². The highest BCUT2D eigenvalue weighted by molar-refractivity contribution is 8.26. The first-order valence-corrected chi connectivity index (χ1v) is 11.1. The first-order chi connectivity index (χ1) is 14.9. The Morgan fingerprint density at radius 1 is 1.13 bits per heavy atom. The third kappa shape index (κ3) is 6.30. The fourth-order valence-corrected chi connectivity index (χ4v) is 3.62. The van der Waals surface area contributed by atoms with Gasteiger partial charge in [0, 0.05) is 24.4 Å². The van der Waals surface area contributed by atoms with Crippen molar-refractivity contribution in [3.8, 4) is 5.75 Å². The van der Waals surface area contributed by atoms with Crippen molar-refractivity contribution in [3.05, 3.63) is 59.4 Å². The van der Waals surface area contributed by atoms with Gasteiger partial charge in [-0.1, -0.05) is 39.0 Å². The molecule has 0 spiro atoms. The van der Waals surface area contributed by atoms with Crippen molar-refractivity contribution in [2.75, 3.05) is 6.61 Å². The van der Waals surface area contributed by atoms with Crippen molar-refractivity contribution in [1.82, 2.24) is 10.3 Å². The molecule has 8 heteroatoms. The zero-order valence-corrected chi connectivity index (χ0v) is 18.6. The summed E-state index contributed by atoms with van der Waals surface area (Å²) in [6.45, 7) is 5.74. The molecule has 1 aromatic heterocycles. The molecule has 0 saturated carbocycles. The number of carbonyl (C=O) groups excluding carboxylic acids is 3. The molecule has 1 aliphatic rings. The fourth-order valence-electron chi connectivity index (χ4n) is 2.95. The summed E-state index contributed by atoms with van der Waals surface area (Å²) in [6, 6.07) is 10.6. The SMILES string of the molecule is CCc1ccc(C(COc2ccc(CC3NC(=O)SC3=O)cc2)OC(=O)C(C)C)nc1. The molecule has 1 saturated heterocycles. The summed E-state index contributed by atoms with van der Waals surface area (Å²) in [5.41, 5.74) is 2.65. The van der Waals surface area contributed by atoms with E-state index in [4.69, 9.17) is 9.47 Å². The van der Waals surface area contributed by atoms with Crippen LogP contribution in [0.3, 0.4) is 0 Å². The molecule has 0 aliphatic carbocycles. The highest BCUT2D eigenvalue weighted by Crippen LogP contribution is 2.23. The van der Waals surface area contributed by atoms with E-state index in [1.165, 1.54) is 0 Å². The Morgan fingerprint density at radius 2 is 1.84 bits per heavy atom. The Morgan fingerprint density at radius 3 is 2.39 bits per heavy atom. The molecule has 0 radical (unpaired) electrons. The topological polar surface area (TPSA) is 94.6 Å². The van der Waals surface area contributed by atoms with E-state index < -0.39 is 12.1 Å². The lowest BCUT2D eigenvalue weighted by Crippen LogP contribution is -2.30. The lowest BCUT2D eigenvalue weighted by Gasteiger charge is -2.19. The van der Waals surface area contributed by atoms with Crippen LogP contribution in [-0.2, 0) is 27.2 Å². The average Bonchev–Trinajstić information content (AvgIpc) is 3.08. The summed E-state index contributed by atoms with van der Waals surface area (Å²) in [5, 5.41) is 2.18. The van der Waals surface area contributed by atoms with E-state index in [0.717, 1.165) is 17.5 Å².